The third kappa shape index (κ3) is 5.17. The van der Waals surface area contributed by atoms with Gasteiger partial charge in [-0.15, -0.1) is 0 Å². The number of nitrogens with one attached hydrogen (secondary N) is 1. The molecule has 1 aromatic carbocycles. The van der Waals surface area contributed by atoms with E-state index in [0.29, 0.717) is 17.1 Å². The molecule has 0 aromatic heterocycles. The van der Waals surface area contributed by atoms with Crippen molar-refractivity contribution in [3.8, 4) is 0 Å². The number of nitrogen functional groups attached to an aromatic ring is 1. The first-order valence-corrected chi connectivity index (χ1v) is 8.96. The van der Waals surface area contributed by atoms with Gasteiger partial charge in [-0.25, -0.2) is 13.6 Å². The van der Waals surface area contributed by atoms with Crippen LogP contribution in [-0.2, 0) is 20.8 Å². The van der Waals surface area contributed by atoms with E-state index in [4.69, 9.17) is 10.9 Å². The molecule has 1 aromatic rings. The zero-order valence-electron chi connectivity index (χ0n) is 10.9. The Bertz CT molecular complexity index is 573. The van der Waals surface area contributed by atoms with Gasteiger partial charge < -0.3 is 11.1 Å². The van der Waals surface area contributed by atoms with E-state index in [2.05, 4.69) is 5.32 Å². The molecule has 6 nitrogen and oxygen atoms in total. The van der Waals surface area contributed by atoms with Gasteiger partial charge in [0.1, 0.15) is 0 Å². The van der Waals surface area contributed by atoms with Crippen LogP contribution < -0.4 is 16.2 Å². The van der Waals surface area contributed by atoms with Gasteiger partial charge >= 0.3 is 0 Å². The molecule has 0 aliphatic carbocycles. The Labute approximate surface area is 116 Å². The summed E-state index contributed by atoms with van der Waals surface area (Å²) in [5, 5.41) is 8.17. The topological polar surface area (TPSA) is 115 Å². The standard InChI is InChI=1S/C11H19N3O3S2/c1-8(5-6-18(2)15)14-11-4-3-9(7-10(11)12)19(13,16)17/h3-4,7-8,14H,5-6,12H2,1-2H3,(H2,13,16,17). The predicted octanol–water partition coefficient (Wildman–Crippen LogP) is 0.485. The highest BCUT2D eigenvalue weighted by atomic mass is 32.2. The normalized spacial score (nSPS) is 14.9. The number of hydrogen-bond donors (Lipinski definition) is 3. The van der Waals surface area contributed by atoms with Crippen LogP contribution in [0.2, 0.25) is 0 Å². The molecule has 8 heteroatoms. The molecule has 0 radical (unpaired) electrons. The fourth-order valence-corrected chi connectivity index (χ4v) is 2.76. The molecule has 0 heterocycles. The summed E-state index contributed by atoms with van der Waals surface area (Å²) in [5.74, 6) is 0.601. The number of anilines is 2. The van der Waals surface area contributed by atoms with Gasteiger partial charge in [0.2, 0.25) is 10.0 Å². The van der Waals surface area contributed by atoms with Crippen LogP contribution in [0.1, 0.15) is 13.3 Å². The van der Waals surface area contributed by atoms with Gasteiger partial charge in [-0.3, -0.25) is 4.21 Å². The number of primary sulfonamides is 1. The Morgan fingerprint density at radius 1 is 1.42 bits per heavy atom. The fraction of sp³-hybridized carbons (Fsp3) is 0.455. The molecule has 0 saturated heterocycles. The number of rotatable bonds is 6. The molecule has 2 atom stereocenters. The van der Waals surface area contributed by atoms with Crippen LogP contribution in [0.4, 0.5) is 11.4 Å². The number of nitrogens with two attached hydrogens (primary N) is 2. The van der Waals surface area contributed by atoms with Crippen molar-refractivity contribution < 1.29 is 12.6 Å². The Morgan fingerprint density at radius 2 is 2.05 bits per heavy atom. The van der Waals surface area contributed by atoms with E-state index in [1.54, 1.807) is 12.3 Å². The van der Waals surface area contributed by atoms with E-state index in [9.17, 15) is 12.6 Å². The van der Waals surface area contributed by atoms with E-state index < -0.39 is 20.8 Å². The van der Waals surface area contributed by atoms with E-state index in [1.165, 1.54) is 12.1 Å². The van der Waals surface area contributed by atoms with Crippen molar-refractivity contribution in [3.05, 3.63) is 18.2 Å². The molecule has 108 valence electrons. The van der Waals surface area contributed by atoms with Gasteiger partial charge in [0.05, 0.1) is 16.3 Å². The Kier molecular flexibility index (Phi) is 5.33. The smallest absolute Gasteiger partial charge is 0.238 e. The second-order valence-corrected chi connectivity index (χ2v) is 7.52. The van der Waals surface area contributed by atoms with Crippen molar-refractivity contribution >= 4 is 32.2 Å². The zero-order chi connectivity index (χ0) is 14.6. The summed E-state index contributed by atoms with van der Waals surface area (Å²) in [6.45, 7) is 1.94. The average molecular weight is 305 g/mol. The van der Waals surface area contributed by atoms with Gasteiger partial charge in [-0.1, -0.05) is 0 Å². The molecule has 2 unspecified atom stereocenters. The SMILES string of the molecule is CC(CCS(C)=O)Nc1ccc(S(N)(=O)=O)cc1N. The third-order valence-corrected chi connectivity index (χ3v) is 4.31. The molecular weight excluding hydrogens is 286 g/mol. The largest absolute Gasteiger partial charge is 0.397 e. The summed E-state index contributed by atoms with van der Waals surface area (Å²) in [7, 11) is -4.57. The minimum Gasteiger partial charge on any atom is -0.397 e. The van der Waals surface area contributed by atoms with Crippen LogP contribution >= 0.6 is 0 Å². The zero-order valence-corrected chi connectivity index (χ0v) is 12.6. The lowest BCUT2D eigenvalue weighted by Crippen LogP contribution is -2.19. The van der Waals surface area contributed by atoms with Crippen LogP contribution in [0.25, 0.3) is 0 Å². The van der Waals surface area contributed by atoms with E-state index >= 15 is 0 Å². The number of hydrogen-bond acceptors (Lipinski definition) is 5. The fourth-order valence-electron chi connectivity index (χ4n) is 1.53. The van der Waals surface area contributed by atoms with Gasteiger partial charge in [-0.05, 0) is 31.5 Å². The van der Waals surface area contributed by atoms with E-state index in [-0.39, 0.29) is 10.9 Å². The predicted molar refractivity (Wildman–Crippen MR) is 78.9 cm³/mol. The van der Waals surface area contributed by atoms with E-state index in [0.717, 1.165) is 6.42 Å². The third-order valence-electron chi connectivity index (χ3n) is 2.59. The monoisotopic (exact) mass is 305 g/mol. The Balaban J connectivity index is 2.78. The maximum Gasteiger partial charge on any atom is 0.238 e. The number of benzene rings is 1. The van der Waals surface area contributed by atoms with E-state index in [1.807, 2.05) is 6.92 Å². The van der Waals surface area contributed by atoms with Crippen molar-refractivity contribution in [2.75, 3.05) is 23.1 Å². The molecule has 0 saturated carbocycles. The molecule has 19 heavy (non-hydrogen) atoms. The molecule has 1 rings (SSSR count). The summed E-state index contributed by atoms with van der Waals surface area (Å²) in [6, 6.07) is 4.39. The first-order chi connectivity index (χ1) is 8.70. The summed E-state index contributed by atoms with van der Waals surface area (Å²) in [4.78, 5) is -0.0159. The highest BCUT2D eigenvalue weighted by molar-refractivity contribution is 7.89. The number of sulfonamides is 1. The molecule has 0 aliphatic heterocycles. The second kappa shape index (κ2) is 6.36. The summed E-state index contributed by atoms with van der Waals surface area (Å²) < 4.78 is 33.3. The van der Waals surface area contributed by atoms with Crippen molar-refractivity contribution in [1.82, 2.24) is 0 Å². The van der Waals surface area contributed by atoms with Gasteiger partial charge in [0.25, 0.3) is 0 Å². The first-order valence-electron chi connectivity index (χ1n) is 5.69. The molecule has 0 aliphatic rings. The Hall–Kier alpha value is -1.12. The maximum absolute atomic E-state index is 11.2. The second-order valence-electron chi connectivity index (χ2n) is 4.41. The van der Waals surface area contributed by atoms with Gasteiger partial charge in [-0.2, -0.15) is 0 Å². The summed E-state index contributed by atoms with van der Waals surface area (Å²) in [5.41, 5.74) is 6.74. The first kappa shape index (κ1) is 15.9. The quantitative estimate of drug-likeness (QED) is 0.661. The average Bonchev–Trinajstić information content (AvgIpc) is 2.27. The van der Waals surface area contributed by atoms with Gasteiger partial charge in [0, 0.05) is 28.9 Å². The summed E-state index contributed by atoms with van der Waals surface area (Å²) in [6.07, 6.45) is 2.39. The van der Waals surface area contributed by atoms with Crippen LogP contribution in [0.3, 0.4) is 0 Å². The highest BCUT2D eigenvalue weighted by Crippen LogP contribution is 2.23. The minimum absolute atomic E-state index is 0.0159. The summed E-state index contributed by atoms with van der Waals surface area (Å²) >= 11 is 0. The molecule has 0 amide bonds. The van der Waals surface area contributed by atoms with Crippen molar-refractivity contribution in [2.24, 2.45) is 5.14 Å². The van der Waals surface area contributed by atoms with Crippen molar-refractivity contribution in [2.45, 2.75) is 24.3 Å². The minimum atomic E-state index is -3.74. The maximum atomic E-state index is 11.2. The Morgan fingerprint density at radius 3 is 2.53 bits per heavy atom. The lowest BCUT2D eigenvalue weighted by molar-refractivity contribution is 0.598. The molecule has 0 spiro atoms. The van der Waals surface area contributed by atoms with Gasteiger partial charge in [0.15, 0.2) is 0 Å². The van der Waals surface area contributed by atoms with Crippen LogP contribution in [-0.4, -0.2) is 30.7 Å². The molecule has 0 bridgehead atoms. The lowest BCUT2D eigenvalue weighted by atomic mass is 10.2. The van der Waals surface area contributed by atoms with Crippen LogP contribution in [0.5, 0.6) is 0 Å². The lowest BCUT2D eigenvalue weighted by Gasteiger charge is -2.16. The molecule has 5 N–H and O–H groups in total. The van der Waals surface area contributed by atoms with Crippen molar-refractivity contribution in [3.63, 3.8) is 0 Å². The van der Waals surface area contributed by atoms with Crippen LogP contribution in [0, 0.1) is 0 Å². The van der Waals surface area contributed by atoms with Crippen molar-refractivity contribution in [1.29, 1.82) is 0 Å². The molecule has 0 fully saturated rings. The molecular formula is C11H19N3O3S2. The highest BCUT2D eigenvalue weighted by Gasteiger charge is 2.11. The van der Waals surface area contributed by atoms with Crippen LogP contribution in [0.15, 0.2) is 23.1 Å².